The van der Waals surface area contributed by atoms with Crippen molar-refractivity contribution in [2.24, 2.45) is 5.73 Å². The molecule has 1 atom stereocenters. The molecule has 5 nitrogen and oxygen atoms in total. The molecular weight excluding hydrogens is 286 g/mol. The Kier molecular flexibility index (Phi) is 6.33. The van der Waals surface area contributed by atoms with Gasteiger partial charge in [-0.3, -0.25) is 4.79 Å². The number of rotatable bonds is 7. The minimum Gasteiger partial charge on any atom is -0.448 e. The predicted molar refractivity (Wildman–Crippen MR) is 75.6 cm³/mol. The maximum Gasteiger partial charge on any atom is 0.323 e. The van der Waals surface area contributed by atoms with Gasteiger partial charge in [0.15, 0.2) is 5.94 Å². The molecule has 0 aliphatic carbocycles. The molecule has 0 radical (unpaired) electrons. The van der Waals surface area contributed by atoms with E-state index in [1.54, 1.807) is 30.0 Å². The van der Waals surface area contributed by atoms with Crippen molar-refractivity contribution in [1.82, 2.24) is 0 Å². The summed E-state index contributed by atoms with van der Waals surface area (Å²) in [7, 11) is -3.61. The van der Waals surface area contributed by atoms with Crippen molar-refractivity contribution in [3.63, 3.8) is 0 Å². The molecule has 19 heavy (non-hydrogen) atoms. The molecule has 0 bridgehead atoms. The number of carbonyl (C=O) groups excluding carboxylic acids is 1. The Morgan fingerprint density at radius 2 is 2.00 bits per heavy atom. The highest BCUT2D eigenvalue weighted by atomic mass is 32.2. The van der Waals surface area contributed by atoms with Crippen molar-refractivity contribution in [3.05, 3.63) is 30.3 Å². The van der Waals surface area contributed by atoms with Crippen molar-refractivity contribution < 1.29 is 17.9 Å². The summed E-state index contributed by atoms with van der Waals surface area (Å²) in [5.41, 5.74) is 5.59. The Bertz CT molecular complexity index is 502. The fourth-order valence-electron chi connectivity index (χ4n) is 1.30. The number of ether oxygens (including phenoxy) is 1. The van der Waals surface area contributed by atoms with Crippen molar-refractivity contribution >= 4 is 27.6 Å². The molecule has 0 amide bonds. The van der Waals surface area contributed by atoms with Crippen LogP contribution in [0, 0.1) is 0 Å². The van der Waals surface area contributed by atoms with Gasteiger partial charge in [0.05, 0.1) is 4.90 Å². The van der Waals surface area contributed by atoms with Gasteiger partial charge >= 0.3 is 5.97 Å². The van der Waals surface area contributed by atoms with Crippen molar-refractivity contribution in [3.8, 4) is 0 Å². The molecule has 0 unspecified atom stereocenters. The largest absolute Gasteiger partial charge is 0.448 e. The fraction of sp³-hybridized carbons (Fsp3) is 0.417. The molecule has 1 aromatic rings. The van der Waals surface area contributed by atoms with Crippen LogP contribution in [-0.4, -0.2) is 38.4 Å². The zero-order chi connectivity index (χ0) is 14.3. The molecule has 0 heterocycles. The van der Waals surface area contributed by atoms with E-state index in [0.717, 1.165) is 5.75 Å². The van der Waals surface area contributed by atoms with Crippen molar-refractivity contribution in [2.75, 3.05) is 17.9 Å². The summed E-state index contributed by atoms with van der Waals surface area (Å²) in [4.78, 5) is 11.6. The first kappa shape index (κ1) is 16.0. The second-order valence-corrected chi connectivity index (χ2v) is 6.82. The Hall–Kier alpha value is -1.05. The van der Waals surface area contributed by atoms with Gasteiger partial charge < -0.3 is 10.5 Å². The quantitative estimate of drug-likeness (QED) is 0.757. The lowest BCUT2D eigenvalue weighted by molar-refractivity contribution is -0.143. The van der Waals surface area contributed by atoms with Crippen LogP contribution in [0.2, 0.25) is 0 Å². The lowest BCUT2D eigenvalue weighted by atomic mass is 10.2. The van der Waals surface area contributed by atoms with Gasteiger partial charge in [-0.1, -0.05) is 18.2 Å². The van der Waals surface area contributed by atoms with Crippen LogP contribution >= 0.6 is 11.8 Å². The van der Waals surface area contributed by atoms with E-state index in [-0.39, 0.29) is 4.90 Å². The number of thioether (sulfide) groups is 1. The first-order valence-electron chi connectivity index (χ1n) is 5.66. The Morgan fingerprint density at radius 3 is 2.58 bits per heavy atom. The molecule has 7 heteroatoms. The zero-order valence-electron chi connectivity index (χ0n) is 10.6. The third-order valence-electron chi connectivity index (χ3n) is 2.39. The summed E-state index contributed by atoms with van der Waals surface area (Å²) in [6.45, 7) is 0. The van der Waals surface area contributed by atoms with E-state index < -0.39 is 27.8 Å². The second-order valence-electron chi connectivity index (χ2n) is 3.90. The number of hydrogen-bond donors (Lipinski definition) is 1. The van der Waals surface area contributed by atoms with Crippen LogP contribution in [0.3, 0.4) is 0 Å². The third-order valence-corrected chi connectivity index (χ3v) is 4.46. The normalized spacial score (nSPS) is 12.9. The molecule has 106 valence electrons. The number of esters is 1. The smallest absolute Gasteiger partial charge is 0.323 e. The molecule has 0 saturated carbocycles. The van der Waals surface area contributed by atoms with Gasteiger partial charge in [0.25, 0.3) is 0 Å². The van der Waals surface area contributed by atoms with E-state index in [1.165, 1.54) is 12.1 Å². The molecule has 2 N–H and O–H groups in total. The zero-order valence-corrected chi connectivity index (χ0v) is 12.2. The van der Waals surface area contributed by atoms with E-state index in [2.05, 4.69) is 0 Å². The SMILES string of the molecule is CSCC[C@H](N)C(=O)OCS(=O)(=O)c1ccccc1. The average molecular weight is 303 g/mol. The summed E-state index contributed by atoms with van der Waals surface area (Å²) in [6, 6.07) is 7.06. The molecule has 0 fully saturated rings. The van der Waals surface area contributed by atoms with Gasteiger partial charge in [-0.25, -0.2) is 8.42 Å². The van der Waals surface area contributed by atoms with Gasteiger partial charge in [-0.2, -0.15) is 11.8 Å². The molecule has 1 aromatic carbocycles. The van der Waals surface area contributed by atoms with Gasteiger partial charge in [-0.15, -0.1) is 0 Å². The molecular formula is C12H17NO4S2. The highest BCUT2D eigenvalue weighted by Crippen LogP contribution is 2.10. The topological polar surface area (TPSA) is 86.5 Å². The first-order valence-corrected chi connectivity index (χ1v) is 8.71. The maximum absolute atomic E-state index is 11.9. The van der Waals surface area contributed by atoms with Gasteiger partial charge in [0, 0.05) is 0 Å². The van der Waals surface area contributed by atoms with Crippen LogP contribution in [0.4, 0.5) is 0 Å². The van der Waals surface area contributed by atoms with Crippen LogP contribution in [0.25, 0.3) is 0 Å². The first-order chi connectivity index (χ1) is 8.97. The van der Waals surface area contributed by atoms with Crippen LogP contribution in [0.1, 0.15) is 6.42 Å². The lowest BCUT2D eigenvalue weighted by Crippen LogP contribution is -2.34. The summed E-state index contributed by atoms with van der Waals surface area (Å²) >= 11 is 1.56. The van der Waals surface area contributed by atoms with Gasteiger partial charge in [0.2, 0.25) is 9.84 Å². The van der Waals surface area contributed by atoms with Crippen LogP contribution in [-0.2, 0) is 19.4 Å². The van der Waals surface area contributed by atoms with E-state index in [4.69, 9.17) is 10.5 Å². The van der Waals surface area contributed by atoms with Gasteiger partial charge in [0.1, 0.15) is 6.04 Å². The standard InChI is InChI=1S/C12H17NO4S2/c1-18-8-7-11(13)12(14)17-9-19(15,16)10-5-3-2-4-6-10/h2-6,11H,7-9,13H2,1H3/t11-/m0/s1. The predicted octanol–water partition coefficient (Wildman–Crippen LogP) is 1.04. The maximum atomic E-state index is 11.9. The summed E-state index contributed by atoms with van der Waals surface area (Å²) in [5, 5.41) is 0. The Balaban J connectivity index is 2.54. The Morgan fingerprint density at radius 1 is 1.37 bits per heavy atom. The van der Waals surface area contributed by atoms with Crippen LogP contribution in [0.5, 0.6) is 0 Å². The van der Waals surface area contributed by atoms with E-state index in [9.17, 15) is 13.2 Å². The number of benzene rings is 1. The summed E-state index contributed by atoms with van der Waals surface area (Å²) < 4.78 is 28.5. The molecule has 0 aliphatic heterocycles. The molecule has 0 aromatic heterocycles. The van der Waals surface area contributed by atoms with Crippen molar-refractivity contribution in [2.45, 2.75) is 17.4 Å². The van der Waals surface area contributed by atoms with Gasteiger partial charge in [-0.05, 0) is 30.6 Å². The Labute approximate surface area is 117 Å². The summed E-state index contributed by atoms with van der Waals surface area (Å²) in [5.74, 6) is -0.640. The number of nitrogens with two attached hydrogens (primary N) is 1. The molecule has 0 aliphatic rings. The average Bonchev–Trinajstić information content (AvgIpc) is 2.43. The van der Waals surface area contributed by atoms with Crippen molar-refractivity contribution in [1.29, 1.82) is 0 Å². The minimum absolute atomic E-state index is 0.125. The lowest BCUT2D eigenvalue weighted by Gasteiger charge is -2.11. The third kappa shape index (κ3) is 5.22. The second kappa shape index (κ2) is 7.52. The minimum atomic E-state index is -3.61. The molecule has 0 saturated heterocycles. The monoisotopic (exact) mass is 303 g/mol. The van der Waals surface area contributed by atoms with Crippen LogP contribution < -0.4 is 5.73 Å². The van der Waals surface area contributed by atoms with E-state index in [0.29, 0.717) is 6.42 Å². The molecule has 1 rings (SSSR count). The highest BCUT2D eigenvalue weighted by molar-refractivity contribution is 7.98. The highest BCUT2D eigenvalue weighted by Gasteiger charge is 2.20. The number of sulfone groups is 1. The molecule has 0 spiro atoms. The fourth-order valence-corrected chi connectivity index (χ4v) is 2.77. The van der Waals surface area contributed by atoms with E-state index >= 15 is 0 Å². The summed E-state index contributed by atoms with van der Waals surface area (Å²) in [6.07, 6.45) is 2.36. The van der Waals surface area contributed by atoms with Crippen LogP contribution in [0.15, 0.2) is 35.2 Å². The number of carbonyl (C=O) groups is 1. The number of hydrogen-bond acceptors (Lipinski definition) is 6. The van der Waals surface area contributed by atoms with E-state index in [1.807, 2.05) is 6.26 Å².